The average Bonchev–Trinajstić information content (AvgIpc) is 2.77. The van der Waals surface area contributed by atoms with Crippen LogP contribution in [-0.2, 0) is 6.54 Å². The van der Waals surface area contributed by atoms with Crippen molar-refractivity contribution in [3.63, 3.8) is 0 Å². The number of benzene rings is 1. The van der Waals surface area contributed by atoms with Crippen LogP contribution in [0.5, 0.6) is 5.75 Å². The van der Waals surface area contributed by atoms with Gasteiger partial charge in [-0.3, -0.25) is 4.68 Å². The van der Waals surface area contributed by atoms with E-state index in [4.69, 9.17) is 10.5 Å². The minimum atomic E-state index is 0.512. The van der Waals surface area contributed by atoms with Gasteiger partial charge in [-0.15, -0.1) is 0 Å². The van der Waals surface area contributed by atoms with Crippen LogP contribution in [0.3, 0.4) is 0 Å². The molecule has 0 amide bonds. The molecule has 0 atom stereocenters. The van der Waals surface area contributed by atoms with Gasteiger partial charge in [-0.05, 0) is 17.7 Å². The molecule has 0 saturated heterocycles. The highest BCUT2D eigenvalue weighted by atomic mass is 79.9. The van der Waals surface area contributed by atoms with Crippen LogP contribution >= 0.6 is 15.9 Å². The van der Waals surface area contributed by atoms with Crippen LogP contribution in [0.4, 0.5) is 0 Å². The van der Waals surface area contributed by atoms with E-state index in [1.54, 1.807) is 6.20 Å². The van der Waals surface area contributed by atoms with Crippen molar-refractivity contribution < 1.29 is 4.74 Å². The summed E-state index contributed by atoms with van der Waals surface area (Å²) in [6, 6.07) is 8.16. The lowest BCUT2D eigenvalue weighted by Gasteiger charge is -2.02. The second-order valence-corrected chi connectivity index (χ2v) is 4.55. The molecule has 2 N–H and O–H groups in total. The molecule has 0 fully saturated rings. The molecule has 0 unspecified atom stereocenters. The predicted octanol–water partition coefficient (Wildman–Crippen LogP) is 2.03. The molecule has 0 aliphatic rings. The van der Waals surface area contributed by atoms with Gasteiger partial charge in [-0.25, -0.2) is 0 Å². The van der Waals surface area contributed by atoms with Crippen molar-refractivity contribution in [2.75, 3.05) is 13.2 Å². The first kappa shape index (κ1) is 12.1. The van der Waals surface area contributed by atoms with Crippen molar-refractivity contribution in [2.24, 2.45) is 5.73 Å². The molecule has 2 aromatic rings. The zero-order chi connectivity index (χ0) is 12.1. The highest BCUT2D eigenvalue weighted by molar-refractivity contribution is 9.10. The van der Waals surface area contributed by atoms with Crippen LogP contribution in [0.2, 0.25) is 0 Å². The SMILES string of the molecule is NCCOc1cnn(Cc2ccc(Br)cc2)c1. The lowest BCUT2D eigenvalue weighted by molar-refractivity contribution is 0.328. The van der Waals surface area contributed by atoms with E-state index in [2.05, 4.69) is 33.2 Å². The lowest BCUT2D eigenvalue weighted by atomic mass is 10.2. The molecule has 17 heavy (non-hydrogen) atoms. The molecule has 0 bridgehead atoms. The molecule has 90 valence electrons. The van der Waals surface area contributed by atoms with E-state index in [1.165, 1.54) is 5.56 Å². The first-order chi connectivity index (χ1) is 8.28. The van der Waals surface area contributed by atoms with Crippen molar-refractivity contribution in [1.29, 1.82) is 0 Å². The Morgan fingerprint density at radius 2 is 2.06 bits per heavy atom. The molecule has 0 spiro atoms. The monoisotopic (exact) mass is 295 g/mol. The number of ether oxygens (including phenoxy) is 1. The van der Waals surface area contributed by atoms with Crippen LogP contribution in [0, 0.1) is 0 Å². The van der Waals surface area contributed by atoms with Crippen LogP contribution in [-0.4, -0.2) is 22.9 Å². The van der Waals surface area contributed by atoms with E-state index in [0.29, 0.717) is 13.2 Å². The van der Waals surface area contributed by atoms with Crippen molar-refractivity contribution >= 4 is 15.9 Å². The summed E-state index contributed by atoms with van der Waals surface area (Å²) in [5.74, 6) is 0.757. The smallest absolute Gasteiger partial charge is 0.157 e. The fourth-order valence-corrected chi connectivity index (χ4v) is 1.72. The number of halogens is 1. The number of hydrogen-bond donors (Lipinski definition) is 1. The Morgan fingerprint density at radius 1 is 1.29 bits per heavy atom. The summed E-state index contributed by atoms with van der Waals surface area (Å²) in [6.07, 6.45) is 3.58. The van der Waals surface area contributed by atoms with Gasteiger partial charge in [0.1, 0.15) is 6.61 Å². The van der Waals surface area contributed by atoms with Crippen LogP contribution in [0.1, 0.15) is 5.56 Å². The number of rotatable bonds is 5. The normalized spacial score (nSPS) is 10.5. The van der Waals surface area contributed by atoms with E-state index in [0.717, 1.165) is 16.8 Å². The summed E-state index contributed by atoms with van der Waals surface area (Å²) in [6.45, 7) is 1.77. The number of aromatic nitrogens is 2. The molecule has 4 nitrogen and oxygen atoms in total. The Kier molecular flexibility index (Phi) is 4.17. The highest BCUT2D eigenvalue weighted by Gasteiger charge is 2.00. The molecule has 0 aliphatic carbocycles. The van der Waals surface area contributed by atoms with Gasteiger partial charge in [0.2, 0.25) is 0 Å². The third kappa shape index (κ3) is 3.57. The van der Waals surface area contributed by atoms with E-state index in [1.807, 2.05) is 23.0 Å². The third-order valence-electron chi connectivity index (χ3n) is 2.25. The first-order valence-corrected chi connectivity index (χ1v) is 6.17. The van der Waals surface area contributed by atoms with Crippen molar-refractivity contribution in [2.45, 2.75) is 6.54 Å². The molecule has 0 aliphatic heterocycles. The summed E-state index contributed by atoms with van der Waals surface area (Å²) >= 11 is 3.41. The van der Waals surface area contributed by atoms with E-state index >= 15 is 0 Å². The zero-order valence-electron chi connectivity index (χ0n) is 9.34. The lowest BCUT2D eigenvalue weighted by Crippen LogP contribution is -2.10. The minimum absolute atomic E-state index is 0.512. The topological polar surface area (TPSA) is 53.1 Å². The molecule has 1 aromatic heterocycles. The molecule has 2 rings (SSSR count). The van der Waals surface area contributed by atoms with Crippen molar-refractivity contribution in [3.8, 4) is 5.75 Å². The van der Waals surface area contributed by atoms with E-state index < -0.39 is 0 Å². The van der Waals surface area contributed by atoms with Crippen LogP contribution in [0.15, 0.2) is 41.1 Å². The quantitative estimate of drug-likeness (QED) is 0.918. The number of hydrogen-bond acceptors (Lipinski definition) is 3. The first-order valence-electron chi connectivity index (χ1n) is 5.37. The summed E-state index contributed by atoms with van der Waals surface area (Å²) in [5, 5.41) is 4.23. The summed E-state index contributed by atoms with van der Waals surface area (Å²) < 4.78 is 8.30. The molecule has 1 heterocycles. The van der Waals surface area contributed by atoms with E-state index in [-0.39, 0.29) is 0 Å². The summed E-state index contributed by atoms with van der Waals surface area (Å²) in [5.41, 5.74) is 6.56. The van der Waals surface area contributed by atoms with Gasteiger partial charge in [0.05, 0.1) is 18.9 Å². The van der Waals surface area contributed by atoms with Crippen molar-refractivity contribution in [3.05, 3.63) is 46.7 Å². The Balaban J connectivity index is 1.98. The largest absolute Gasteiger partial charge is 0.489 e. The molecular formula is C12H14BrN3O. The maximum absolute atomic E-state index is 5.38. The van der Waals surface area contributed by atoms with Gasteiger partial charge in [0, 0.05) is 11.0 Å². The van der Waals surface area contributed by atoms with Gasteiger partial charge in [0.25, 0.3) is 0 Å². The van der Waals surface area contributed by atoms with Gasteiger partial charge >= 0.3 is 0 Å². The number of nitrogens with two attached hydrogens (primary N) is 1. The standard InChI is InChI=1S/C12H14BrN3O/c13-11-3-1-10(2-4-11)8-16-9-12(7-15-16)17-6-5-14/h1-4,7,9H,5-6,8,14H2. The maximum Gasteiger partial charge on any atom is 0.157 e. The van der Waals surface area contributed by atoms with Gasteiger partial charge < -0.3 is 10.5 Å². The Morgan fingerprint density at radius 3 is 2.76 bits per heavy atom. The summed E-state index contributed by atoms with van der Waals surface area (Å²) in [7, 11) is 0. The second kappa shape index (κ2) is 5.84. The fourth-order valence-electron chi connectivity index (χ4n) is 1.46. The zero-order valence-corrected chi connectivity index (χ0v) is 10.9. The van der Waals surface area contributed by atoms with Gasteiger partial charge in [-0.1, -0.05) is 28.1 Å². The molecule has 1 aromatic carbocycles. The van der Waals surface area contributed by atoms with Crippen molar-refractivity contribution in [1.82, 2.24) is 9.78 Å². The molecule has 0 saturated carbocycles. The Hall–Kier alpha value is -1.33. The molecule has 5 heteroatoms. The molecule has 0 radical (unpaired) electrons. The van der Waals surface area contributed by atoms with Crippen LogP contribution in [0.25, 0.3) is 0 Å². The van der Waals surface area contributed by atoms with Gasteiger partial charge in [-0.2, -0.15) is 5.10 Å². The summed E-state index contributed by atoms with van der Waals surface area (Å²) in [4.78, 5) is 0. The minimum Gasteiger partial charge on any atom is -0.489 e. The van der Waals surface area contributed by atoms with E-state index in [9.17, 15) is 0 Å². The third-order valence-corrected chi connectivity index (χ3v) is 2.78. The highest BCUT2D eigenvalue weighted by Crippen LogP contribution is 2.13. The van der Waals surface area contributed by atoms with Gasteiger partial charge in [0.15, 0.2) is 5.75 Å². The average molecular weight is 296 g/mol. The molecular weight excluding hydrogens is 282 g/mol. The predicted molar refractivity (Wildman–Crippen MR) is 70.0 cm³/mol. The fraction of sp³-hybridized carbons (Fsp3) is 0.250. The van der Waals surface area contributed by atoms with Crippen LogP contribution < -0.4 is 10.5 Å². The maximum atomic E-state index is 5.38. The second-order valence-electron chi connectivity index (χ2n) is 3.64. The number of nitrogens with zero attached hydrogens (tertiary/aromatic N) is 2. The Labute approximate surface area is 109 Å². The Bertz CT molecular complexity index is 467.